The largest absolute Gasteiger partial charge is 0.393 e. The molecule has 0 aromatic heterocycles. The van der Waals surface area contributed by atoms with E-state index in [2.05, 4.69) is 4.74 Å². The average Bonchev–Trinajstić information content (AvgIpc) is 1.88. The monoisotopic (exact) mass is 154 g/mol. The SMILES string of the molecule is N[P+](N)=Nc1ccccc1. The molecule has 0 aliphatic carbocycles. The van der Waals surface area contributed by atoms with Gasteiger partial charge < -0.3 is 0 Å². The second-order valence-corrected chi connectivity index (χ2v) is 2.78. The topological polar surface area (TPSA) is 64.4 Å². The van der Waals surface area contributed by atoms with E-state index in [4.69, 9.17) is 11.0 Å². The Bertz CT molecular complexity index is 228. The molecule has 0 amide bonds. The Balaban J connectivity index is 2.87. The predicted octanol–water partition coefficient (Wildman–Crippen LogP) is 1.73. The average molecular weight is 154 g/mol. The zero-order valence-corrected chi connectivity index (χ0v) is 6.33. The van der Waals surface area contributed by atoms with Crippen molar-refractivity contribution in [3.8, 4) is 0 Å². The molecular weight excluding hydrogens is 145 g/mol. The Morgan fingerprint density at radius 3 is 2.20 bits per heavy atom. The van der Waals surface area contributed by atoms with E-state index in [0.717, 1.165) is 5.69 Å². The van der Waals surface area contributed by atoms with Gasteiger partial charge >= 0.3 is 8.01 Å². The lowest BCUT2D eigenvalue weighted by Gasteiger charge is -1.82. The zero-order chi connectivity index (χ0) is 7.40. The van der Waals surface area contributed by atoms with E-state index in [0.29, 0.717) is 0 Å². The zero-order valence-electron chi connectivity index (χ0n) is 5.44. The van der Waals surface area contributed by atoms with E-state index in [1.54, 1.807) is 0 Å². The van der Waals surface area contributed by atoms with Crippen LogP contribution in [0.5, 0.6) is 0 Å². The number of rotatable bonds is 1. The lowest BCUT2D eigenvalue weighted by molar-refractivity contribution is 1.54. The Morgan fingerprint density at radius 1 is 1.10 bits per heavy atom. The number of hydrogen-bond acceptors (Lipinski definition) is 1. The molecule has 0 heterocycles. The summed E-state index contributed by atoms with van der Waals surface area (Å²) in [5.74, 6) is 0. The molecule has 0 fully saturated rings. The van der Waals surface area contributed by atoms with Gasteiger partial charge in [-0.3, -0.25) is 0 Å². The minimum absolute atomic E-state index is 0.846. The Morgan fingerprint density at radius 2 is 1.70 bits per heavy atom. The van der Waals surface area contributed by atoms with Gasteiger partial charge in [-0.25, -0.2) is 0 Å². The van der Waals surface area contributed by atoms with E-state index in [1.165, 1.54) is 0 Å². The highest BCUT2D eigenvalue weighted by Crippen LogP contribution is 2.17. The Kier molecular flexibility index (Phi) is 2.51. The van der Waals surface area contributed by atoms with Crippen LogP contribution in [0.15, 0.2) is 35.1 Å². The molecule has 4 heteroatoms. The van der Waals surface area contributed by atoms with Crippen LogP contribution >= 0.6 is 8.01 Å². The molecule has 0 bridgehead atoms. The lowest BCUT2D eigenvalue weighted by atomic mass is 10.3. The molecule has 0 atom stereocenters. The first kappa shape index (κ1) is 7.35. The first-order chi connectivity index (χ1) is 4.79. The molecule has 0 spiro atoms. The van der Waals surface area contributed by atoms with E-state index in [9.17, 15) is 0 Å². The summed E-state index contributed by atoms with van der Waals surface area (Å²) in [5.41, 5.74) is 11.4. The fraction of sp³-hybridized carbons (Fsp3) is 0. The third kappa shape index (κ3) is 2.23. The van der Waals surface area contributed by atoms with Crippen LogP contribution in [0.3, 0.4) is 0 Å². The van der Waals surface area contributed by atoms with Crippen LogP contribution in [0.1, 0.15) is 0 Å². The van der Waals surface area contributed by atoms with Crippen molar-refractivity contribution in [3.63, 3.8) is 0 Å². The maximum absolute atomic E-state index is 5.30. The summed E-state index contributed by atoms with van der Waals surface area (Å²) in [6, 6.07) is 9.47. The van der Waals surface area contributed by atoms with Crippen LogP contribution in [0.2, 0.25) is 0 Å². The number of hydrogen-bond donors (Lipinski definition) is 2. The van der Waals surface area contributed by atoms with Gasteiger partial charge in [0, 0.05) is 0 Å². The maximum Gasteiger partial charge on any atom is 0.393 e. The highest BCUT2D eigenvalue weighted by atomic mass is 31.1. The van der Waals surface area contributed by atoms with Gasteiger partial charge in [0.1, 0.15) is 5.69 Å². The molecule has 0 saturated heterocycles. The summed E-state index contributed by atoms with van der Waals surface area (Å²) in [6.07, 6.45) is 0. The van der Waals surface area contributed by atoms with Crippen molar-refractivity contribution in [1.29, 1.82) is 0 Å². The maximum atomic E-state index is 5.30. The third-order valence-electron chi connectivity index (χ3n) is 0.987. The molecule has 0 aliphatic rings. The summed E-state index contributed by atoms with van der Waals surface area (Å²) in [5, 5.41) is 0. The van der Waals surface area contributed by atoms with Gasteiger partial charge in [0.15, 0.2) is 0 Å². The predicted molar refractivity (Wildman–Crippen MR) is 43.8 cm³/mol. The van der Waals surface area contributed by atoms with Crippen molar-refractivity contribution in [2.24, 2.45) is 15.8 Å². The number of nitrogens with two attached hydrogens (primary N) is 2. The van der Waals surface area contributed by atoms with Crippen LogP contribution in [-0.4, -0.2) is 0 Å². The van der Waals surface area contributed by atoms with Crippen molar-refractivity contribution >= 4 is 13.7 Å². The Hall–Kier alpha value is -0.760. The summed E-state index contributed by atoms with van der Waals surface area (Å²) in [6.45, 7) is 0. The van der Waals surface area contributed by atoms with Crippen molar-refractivity contribution in [2.75, 3.05) is 0 Å². The summed E-state index contributed by atoms with van der Waals surface area (Å²) in [7, 11) is -1.15. The van der Waals surface area contributed by atoms with E-state index >= 15 is 0 Å². The summed E-state index contributed by atoms with van der Waals surface area (Å²) in [4.78, 5) is 0. The Labute approximate surface area is 60.6 Å². The van der Waals surface area contributed by atoms with Crippen molar-refractivity contribution < 1.29 is 0 Å². The highest BCUT2D eigenvalue weighted by molar-refractivity contribution is 7.42. The van der Waals surface area contributed by atoms with Gasteiger partial charge in [-0.05, 0) is 16.9 Å². The standard InChI is InChI=1S/C6H9N3P/c7-10(8)9-6-4-2-1-3-5-6/h1-5H,(H4,7,8,9)/q+1. The van der Waals surface area contributed by atoms with Crippen molar-refractivity contribution in [2.45, 2.75) is 0 Å². The quantitative estimate of drug-likeness (QED) is 0.605. The number of benzene rings is 1. The molecule has 3 nitrogen and oxygen atoms in total. The fourth-order valence-corrected chi connectivity index (χ4v) is 1.03. The fourth-order valence-electron chi connectivity index (χ4n) is 0.628. The second kappa shape index (κ2) is 3.42. The minimum Gasteiger partial charge on any atom is -0.121 e. The van der Waals surface area contributed by atoms with Crippen LogP contribution in [0, 0.1) is 0 Å². The molecule has 1 aromatic carbocycles. The van der Waals surface area contributed by atoms with Crippen LogP contribution in [0.4, 0.5) is 5.69 Å². The molecule has 0 aliphatic heterocycles. The van der Waals surface area contributed by atoms with Gasteiger partial charge in [0.05, 0.1) is 0 Å². The molecule has 10 heavy (non-hydrogen) atoms. The van der Waals surface area contributed by atoms with Crippen LogP contribution < -0.4 is 11.0 Å². The van der Waals surface area contributed by atoms with E-state index < -0.39 is 8.01 Å². The van der Waals surface area contributed by atoms with Gasteiger partial charge in [0.2, 0.25) is 0 Å². The first-order valence-electron chi connectivity index (χ1n) is 2.85. The molecule has 0 radical (unpaired) electrons. The third-order valence-corrected chi connectivity index (χ3v) is 1.45. The van der Waals surface area contributed by atoms with Crippen molar-refractivity contribution in [3.05, 3.63) is 30.3 Å². The molecule has 4 N–H and O–H groups in total. The number of nitrogens with zero attached hydrogens (tertiary/aromatic N) is 1. The first-order valence-corrected chi connectivity index (χ1v) is 4.28. The molecule has 52 valence electrons. The van der Waals surface area contributed by atoms with E-state index in [-0.39, 0.29) is 0 Å². The normalized spacial score (nSPS) is 9.00. The molecule has 1 aromatic rings. The van der Waals surface area contributed by atoms with Gasteiger partial charge in [-0.1, -0.05) is 18.2 Å². The van der Waals surface area contributed by atoms with Gasteiger partial charge in [0.25, 0.3) is 0 Å². The van der Waals surface area contributed by atoms with Gasteiger partial charge in [-0.15, -0.1) is 11.0 Å². The second-order valence-electron chi connectivity index (χ2n) is 1.82. The molecule has 1 rings (SSSR count). The van der Waals surface area contributed by atoms with Gasteiger partial charge in [-0.2, -0.15) is 0 Å². The molecule has 0 unspecified atom stereocenters. The lowest BCUT2D eigenvalue weighted by Crippen LogP contribution is -1.86. The molecule has 0 saturated carbocycles. The highest BCUT2D eigenvalue weighted by Gasteiger charge is 1.94. The smallest absolute Gasteiger partial charge is 0.121 e. The van der Waals surface area contributed by atoms with Crippen LogP contribution in [-0.2, 0) is 0 Å². The molecular formula is C6H9N3P+. The summed E-state index contributed by atoms with van der Waals surface area (Å²) >= 11 is 0. The minimum atomic E-state index is -1.15. The van der Waals surface area contributed by atoms with E-state index in [1.807, 2.05) is 30.3 Å². The summed E-state index contributed by atoms with van der Waals surface area (Å²) < 4.78 is 3.98. The van der Waals surface area contributed by atoms with Crippen LogP contribution in [0.25, 0.3) is 0 Å². The van der Waals surface area contributed by atoms with Crippen molar-refractivity contribution in [1.82, 2.24) is 0 Å².